The highest BCUT2D eigenvalue weighted by atomic mass is 35.5. The third-order valence-corrected chi connectivity index (χ3v) is 4.65. The fourth-order valence-electron chi connectivity index (χ4n) is 2.90. The highest BCUT2D eigenvalue weighted by Gasteiger charge is 2.11. The van der Waals surface area contributed by atoms with Crippen LogP contribution in [0.4, 0.5) is 4.39 Å². The molecule has 1 N–H and O–H groups in total. The minimum Gasteiger partial charge on any atom is -0.494 e. The van der Waals surface area contributed by atoms with Gasteiger partial charge in [-0.1, -0.05) is 22.8 Å². The van der Waals surface area contributed by atoms with Crippen molar-refractivity contribution < 1.29 is 13.7 Å². The lowest BCUT2D eigenvalue weighted by molar-refractivity contribution is 0.377. The van der Waals surface area contributed by atoms with E-state index in [1.165, 1.54) is 13.2 Å². The highest BCUT2D eigenvalue weighted by molar-refractivity contribution is 6.30. The van der Waals surface area contributed by atoms with Gasteiger partial charge in [0.15, 0.2) is 17.5 Å². The van der Waals surface area contributed by atoms with Crippen LogP contribution in [0.1, 0.15) is 11.5 Å². The van der Waals surface area contributed by atoms with Gasteiger partial charge in [0.25, 0.3) is 0 Å². The Morgan fingerprint density at radius 3 is 2.70 bits per heavy atom. The second kappa shape index (κ2) is 10.1. The zero-order chi connectivity index (χ0) is 21.5. The van der Waals surface area contributed by atoms with E-state index in [1.807, 2.05) is 30.1 Å². The molecular formula is C21H23ClFN5O2. The molecule has 0 aliphatic carbocycles. The topological polar surface area (TPSA) is 75.8 Å². The second-order valence-corrected chi connectivity index (χ2v) is 7.00. The summed E-state index contributed by atoms with van der Waals surface area (Å²) >= 11 is 5.90. The fourth-order valence-corrected chi connectivity index (χ4v) is 3.02. The number of benzene rings is 2. The van der Waals surface area contributed by atoms with Gasteiger partial charge in [-0.25, -0.2) is 4.39 Å². The molecule has 0 bridgehead atoms. The van der Waals surface area contributed by atoms with Gasteiger partial charge in [-0.15, -0.1) is 0 Å². The number of aliphatic imine (C=N–C) groups is 1. The molecule has 2 aromatic carbocycles. The lowest BCUT2D eigenvalue weighted by Gasteiger charge is -2.22. The van der Waals surface area contributed by atoms with Crippen LogP contribution in [0.2, 0.25) is 5.02 Å². The first-order chi connectivity index (χ1) is 14.5. The van der Waals surface area contributed by atoms with Gasteiger partial charge in [0.05, 0.1) is 7.11 Å². The van der Waals surface area contributed by atoms with Crippen molar-refractivity contribution in [3.05, 3.63) is 64.8 Å². The Balaban J connectivity index is 1.53. The van der Waals surface area contributed by atoms with Gasteiger partial charge in [-0.3, -0.25) is 4.99 Å². The van der Waals surface area contributed by atoms with Crippen LogP contribution >= 0.6 is 11.6 Å². The highest BCUT2D eigenvalue weighted by Crippen LogP contribution is 2.19. The molecular weight excluding hydrogens is 409 g/mol. The van der Waals surface area contributed by atoms with Crippen molar-refractivity contribution in [1.29, 1.82) is 0 Å². The van der Waals surface area contributed by atoms with Crippen molar-refractivity contribution >= 4 is 17.6 Å². The molecule has 0 spiro atoms. The zero-order valence-corrected chi connectivity index (χ0v) is 17.8. The Morgan fingerprint density at radius 1 is 1.27 bits per heavy atom. The molecule has 0 saturated heterocycles. The average molecular weight is 432 g/mol. The van der Waals surface area contributed by atoms with Crippen LogP contribution in [0.5, 0.6) is 5.75 Å². The van der Waals surface area contributed by atoms with Crippen LogP contribution in [0.3, 0.4) is 0 Å². The molecule has 7 nitrogen and oxygen atoms in total. The summed E-state index contributed by atoms with van der Waals surface area (Å²) in [5, 5.41) is 7.90. The Labute approximate surface area is 179 Å². The third kappa shape index (κ3) is 5.48. The van der Waals surface area contributed by atoms with Crippen LogP contribution in [0.25, 0.3) is 11.4 Å². The number of guanidine groups is 1. The normalized spacial score (nSPS) is 11.4. The Bertz CT molecular complexity index is 1010. The molecule has 0 fully saturated rings. The molecule has 1 heterocycles. The number of aromatic nitrogens is 2. The van der Waals surface area contributed by atoms with E-state index >= 15 is 0 Å². The number of ether oxygens (including phenoxy) is 1. The van der Waals surface area contributed by atoms with E-state index < -0.39 is 0 Å². The molecule has 0 atom stereocenters. The fraction of sp³-hybridized carbons (Fsp3) is 0.286. The number of methoxy groups -OCH3 is 1. The molecule has 158 valence electrons. The van der Waals surface area contributed by atoms with Gasteiger partial charge in [-0.05, 0) is 42.0 Å². The lowest BCUT2D eigenvalue weighted by atomic mass is 10.2. The van der Waals surface area contributed by atoms with Gasteiger partial charge >= 0.3 is 0 Å². The van der Waals surface area contributed by atoms with E-state index in [0.29, 0.717) is 42.2 Å². The van der Waals surface area contributed by atoms with E-state index in [4.69, 9.17) is 20.9 Å². The van der Waals surface area contributed by atoms with E-state index in [9.17, 15) is 4.39 Å². The quantitative estimate of drug-likeness (QED) is 0.453. The summed E-state index contributed by atoms with van der Waals surface area (Å²) in [6.07, 6.45) is 0.532. The molecule has 0 saturated carbocycles. The zero-order valence-electron chi connectivity index (χ0n) is 17.0. The molecule has 3 aromatic rings. The monoisotopic (exact) mass is 431 g/mol. The van der Waals surface area contributed by atoms with Crippen molar-refractivity contribution in [1.82, 2.24) is 20.4 Å². The van der Waals surface area contributed by atoms with Crippen molar-refractivity contribution in [2.45, 2.75) is 13.0 Å². The standard InChI is InChI=1S/C21H23ClFN5O2/c1-24-21(28(2)13-14-4-9-18(29-3)17(23)12-14)25-11-10-19-26-20(27-30-19)15-5-7-16(22)8-6-15/h4-9,12H,10-11,13H2,1-3H3,(H,24,25). The number of hydrogen-bond acceptors (Lipinski definition) is 5. The largest absolute Gasteiger partial charge is 0.494 e. The van der Waals surface area contributed by atoms with Gasteiger partial charge in [0.1, 0.15) is 0 Å². The van der Waals surface area contributed by atoms with Crippen LogP contribution in [0, 0.1) is 5.82 Å². The summed E-state index contributed by atoms with van der Waals surface area (Å²) in [5.41, 5.74) is 1.65. The van der Waals surface area contributed by atoms with Crippen LogP contribution < -0.4 is 10.1 Å². The Morgan fingerprint density at radius 2 is 2.03 bits per heavy atom. The average Bonchev–Trinajstić information content (AvgIpc) is 3.20. The molecule has 3 rings (SSSR count). The second-order valence-electron chi connectivity index (χ2n) is 6.57. The van der Waals surface area contributed by atoms with E-state index in [-0.39, 0.29) is 11.6 Å². The predicted octanol–water partition coefficient (Wildman–Crippen LogP) is 3.79. The number of hydrogen-bond donors (Lipinski definition) is 1. The van der Waals surface area contributed by atoms with Gasteiger partial charge in [0, 0.05) is 44.2 Å². The maximum absolute atomic E-state index is 13.9. The van der Waals surface area contributed by atoms with Crippen LogP contribution in [-0.2, 0) is 13.0 Å². The molecule has 0 amide bonds. The molecule has 9 heteroatoms. The summed E-state index contributed by atoms with van der Waals surface area (Å²) in [6, 6.07) is 12.1. The van der Waals surface area contributed by atoms with Crippen molar-refractivity contribution in [3.63, 3.8) is 0 Å². The van der Waals surface area contributed by atoms with E-state index in [2.05, 4.69) is 20.4 Å². The van der Waals surface area contributed by atoms with Crippen LogP contribution in [-0.4, -0.2) is 48.8 Å². The van der Waals surface area contributed by atoms with Crippen molar-refractivity contribution in [2.24, 2.45) is 4.99 Å². The maximum atomic E-state index is 13.9. The minimum atomic E-state index is -0.390. The lowest BCUT2D eigenvalue weighted by Crippen LogP contribution is -2.39. The molecule has 0 unspecified atom stereocenters. The molecule has 0 aliphatic rings. The molecule has 0 radical (unpaired) electrons. The number of nitrogens with zero attached hydrogens (tertiary/aromatic N) is 4. The summed E-state index contributed by atoms with van der Waals surface area (Å²) in [6.45, 7) is 1.04. The van der Waals surface area contributed by atoms with E-state index in [0.717, 1.165) is 11.1 Å². The SMILES string of the molecule is CN=C(NCCc1nc(-c2ccc(Cl)cc2)no1)N(C)Cc1ccc(OC)c(F)c1. The van der Waals surface area contributed by atoms with Gasteiger partial charge in [-0.2, -0.15) is 4.98 Å². The molecule has 30 heavy (non-hydrogen) atoms. The van der Waals surface area contributed by atoms with E-state index in [1.54, 1.807) is 25.2 Å². The van der Waals surface area contributed by atoms with Gasteiger partial charge in [0.2, 0.25) is 11.7 Å². The van der Waals surface area contributed by atoms with Crippen molar-refractivity contribution in [2.75, 3.05) is 27.7 Å². The first kappa shape index (κ1) is 21.6. The summed E-state index contributed by atoms with van der Waals surface area (Å²) in [5.74, 6) is 1.54. The molecule has 0 aliphatic heterocycles. The number of rotatable bonds is 7. The summed E-state index contributed by atoms with van der Waals surface area (Å²) < 4.78 is 24.2. The summed E-state index contributed by atoms with van der Waals surface area (Å²) in [7, 11) is 5.01. The number of nitrogens with one attached hydrogen (secondary N) is 1. The smallest absolute Gasteiger partial charge is 0.228 e. The minimum absolute atomic E-state index is 0.224. The Kier molecular flexibility index (Phi) is 7.24. The van der Waals surface area contributed by atoms with Gasteiger partial charge < -0.3 is 19.5 Å². The first-order valence-electron chi connectivity index (χ1n) is 9.33. The number of halogens is 2. The maximum Gasteiger partial charge on any atom is 0.228 e. The molecule has 1 aromatic heterocycles. The Hall–Kier alpha value is -3.13. The summed E-state index contributed by atoms with van der Waals surface area (Å²) in [4.78, 5) is 10.6. The van der Waals surface area contributed by atoms with Crippen LogP contribution in [0.15, 0.2) is 52.0 Å². The third-order valence-electron chi connectivity index (χ3n) is 4.40. The van der Waals surface area contributed by atoms with Crippen molar-refractivity contribution in [3.8, 4) is 17.1 Å². The predicted molar refractivity (Wildman–Crippen MR) is 114 cm³/mol. The first-order valence-corrected chi connectivity index (χ1v) is 9.70.